The largest absolute Gasteiger partial charge is 0.507 e. The van der Waals surface area contributed by atoms with Crippen molar-refractivity contribution in [3.63, 3.8) is 0 Å². The summed E-state index contributed by atoms with van der Waals surface area (Å²) in [5, 5.41) is 13.6. The Bertz CT molecular complexity index is 815. The third kappa shape index (κ3) is 4.11. The summed E-state index contributed by atoms with van der Waals surface area (Å²) in [6.45, 7) is 0. The first-order valence-electron chi connectivity index (χ1n) is 7.15. The lowest BCUT2D eigenvalue weighted by atomic mass is 10.2. The number of nitrogens with zero attached hydrogens (tertiary/aromatic N) is 1. The molecule has 0 unspecified atom stereocenters. The van der Waals surface area contributed by atoms with Gasteiger partial charge < -0.3 is 10.4 Å². The maximum absolute atomic E-state index is 9.76. The minimum atomic E-state index is 0.153. The van der Waals surface area contributed by atoms with Crippen molar-refractivity contribution in [2.45, 2.75) is 0 Å². The van der Waals surface area contributed by atoms with Crippen LogP contribution in [0, 0.1) is 0 Å². The minimum Gasteiger partial charge on any atom is -0.507 e. The van der Waals surface area contributed by atoms with Gasteiger partial charge in [0.2, 0.25) is 0 Å². The van der Waals surface area contributed by atoms with Crippen LogP contribution < -0.4 is 5.32 Å². The smallest absolute Gasteiger partial charge is 0.124 e. The highest BCUT2D eigenvalue weighted by molar-refractivity contribution is 6.30. The van der Waals surface area contributed by atoms with E-state index in [4.69, 9.17) is 11.6 Å². The number of phenolic OH excluding ortho intramolecular Hbond substituents is 1. The fourth-order valence-corrected chi connectivity index (χ4v) is 2.27. The molecule has 0 heterocycles. The first kappa shape index (κ1) is 15.1. The molecule has 0 atom stereocenters. The lowest BCUT2D eigenvalue weighted by Gasteiger charge is -2.06. The second-order valence-corrected chi connectivity index (χ2v) is 5.44. The summed E-state index contributed by atoms with van der Waals surface area (Å²) in [5.74, 6) is 0.153. The molecule has 0 bridgehead atoms. The van der Waals surface area contributed by atoms with Gasteiger partial charge in [-0.1, -0.05) is 29.8 Å². The zero-order chi connectivity index (χ0) is 16.1. The molecule has 0 spiro atoms. The predicted octanol–water partition coefficient (Wildman–Crippen LogP) is 5.54. The molecule has 2 N–H and O–H groups in total. The van der Waals surface area contributed by atoms with Crippen molar-refractivity contribution in [1.82, 2.24) is 0 Å². The fraction of sp³-hybridized carbons (Fsp3) is 0. The van der Waals surface area contributed by atoms with E-state index in [0.29, 0.717) is 10.6 Å². The number of phenols is 1. The van der Waals surface area contributed by atoms with Crippen molar-refractivity contribution in [1.29, 1.82) is 0 Å². The normalized spacial score (nSPS) is 10.8. The van der Waals surface area contributed by atoms with E-state index < -0.39 is 0 Å². The van der Waals surface area contributed by atoms with Crippen LogP contribution in [0.15, 0.2) is 77.8 Å². The van der Waals surface area contributed by atoms with Crippen LogP contribution in [0.5, 0.6) is 5.75 Å². The van der Waals surface area contributed by atoms with Gasteiger partial charge in [-0.3, -0.25) is 4.99 Å². The topological polar surface area (TPSA) is 44.6 Å². The molecule has 0 radical (unpaired) electrons. The molecule has 3 rings (SSSR count). The van der Waals surface area contributed by atoms with E-state index >= 15 is 0 Å². The maximum atomic E-state index is 9.76. The highest BCUT2D eigenvalue weighted by Crippen LogP contribution is 2.22. The van der Waals surface area contributed by atoms with Crippen molar-refractivity contribution in [2.24, 2.45) is 4.99 Å². The van der Waals surface area contributed by atoms with Crippen molar-refractivity contribution in [3.8, 4) is 5.75 Å². The van der Waals surface area contributed by atoms with E-state index in [1.165, 1.54) is 0 Å². The van der Waals surface area contributed by atoms with Gasteiger partial charge in [0.25, 0.3) is 0 Å². The molecule has 0 amide bonds. The van der Waals surface area contributed by atoms with E-state index in [1.807, 2.05) is 54.6 Å². The van der Waals surface area contributed by atoms with Gasteiger partial charge in [-0.2, -0.15) is 0 Å². The highest BCUT2D eigenvalue weighted by Gasteiger charge is 1.99. The fourth-order valence-electron chi connectivity index (χ4n) is 2.09. The van der Waals surface area contributed by atoms with E-state index in [-0.39, 0.29) is 5.75 Å². The lowest BCUT2D eigenvalue weighted by Crippen LogP contribution is -1.88. The third-order valence-corrected chi connectivity index (χ3v) is 3.51. The van der Waals surface area contributed by atoms with Gasteiger partial charge in [-0.25, -0.2) is 0 Å². The molecular formula is C19H15ClN2O. The summed E-state index contributed by atoms with van der Waals surface area (Å²) in [6, 6.07) is 22.6. The summed E-state index contributed by atoms with van der Waals surface area (Å²) in [4.78, 5) is 4.36. The minimum absolute atomic E-state index is 0.153. The second-order valence-electron chi connectivity index (χ2n) is 5.00. The van der Waals surface area contributed by atoms with Crippen LogP contribution >= 0.6 is 11.6 Å². The Morgan fingerprint density at radius 3 is 2.30 bits per heavy atom. The molecule has 0 fully saturated rings. The number of rotatable bonds is 4. The number of hydrogen-bond donors (Lipinski definition) is 2. The van der Waals surface area contributed by atoms with Gasteiger partial charge in [-0.15, -0.1) is 0 Å². The number of benzene rings is 3. The quantitative estimate of drug-likeness (QED) is 0.619. The van der Waals surface area contributed by atoms with Gasteiger partial charge in [0.05, 0.1) is 5.69 Å². The summed E-state index contributed by atoms with van der Waals surface area (Å²) < 4.78 is 0. The van der Waals surface area contributed by atoms with Crippen molar-refractivity contribution in [2.75, 3.05) is 5.32 Å². The molecule has 0 saturated carbocycles. The number of para-hydroxylation sites is 1. The molecule has 0 aromatic heterocycles. The molecule has 0 aliphatic rings. The first-order valence-corrected chi connectivity index (χ1v) is 7.53. The molecule has 114 valence electrons. The van der Waals surface area contributed by atoms with Gasteiger partial charge >= 0.3 is 0 Å². The van der Waals surface area contributed by atoms with E-state index in [1.54, 1.807) is 24.4 Å². The molecule has 0 aliphatic carbocycles. The molecule has 3 aromatic carbocycles. The summed E-state index contributed by atoms with van der Waals surface area (Å²) in [5.41, 5.74) is 3.40. The number of nitrogens with one attached hydrogen (secondary N) is 1. The van der Waals surface area contributed by atoms with Crippen LogP contribution in [0.25, 0.3) is 0 Å². The molecular weight excluding hydrogens is 308 g/mol. The average molecular weight is 323 g/mol. The Morgan fingerprint density at radius 1 is 0.870 bits per heavy atom. The lowest BCUT2D eigenvalue weighted by molar-refractivity contribution is 0.474. The second kappa shape index (κ2) is 6.99. The number of anilines is 2. The standard InChI is InChI=1S/C19H15ClN2O/c20-15-6-11-19(23)14(12-15)13-21-16-7-9-18(10-8-16)22-17-4-2-1-3-5-17/h1-13,22-23H. The van der Waals surface area contributed by atoms with Gasteiger partial charge in [0.15, 0.2) is 0 Å². The Labute approximate surface area is 139 Å². The summed E-state index contributed by atoms with van der Waals surface area (Å²) >= 11 is 5.92. The van der Waals surface area contributed by atoms with Crippen LogP contribution in [-0.4, -0.2) is 11.3 Å². The van der Waals surface area contributed by atoms with Crippen LogP contribution in [0.1, 0.15) is 5.56 Å². The predicted molar refractivity (Wildman–Crippen MR) is 96.5 cm³/mol. The highest BCUT2D eigenvalue weighted by atomic mass is 35.5. The maximum Gasteiger partial charge on any atom is 0.124 e. The zero-order valence-corrected chi connectivity index (χ0v) is 13.0. The number of aliphatic imine (C=N–C) groups is 1. The van der Waals surface area contributed by atoms with Crippen LogP contribution in [-0.2, 0) is 0 Å². The zero-order valence-electron chi connectivity index (χ0n) is 12.3. The number of hydrogen-bond acceptors (Lipinski definition) is 3. The molecule has 0 saturated heterocycles. The third-order valence-electron chi connectivity index (χ3n) is 3.27. The van der Waals surface area contributed by atoms with E-state index in [9.17, 15) is 5.11 Å². The molecule has 23 heavy (non-hydrogen) atoms. The van der Waals surface area contributed by atoms with Gasteiger partial charge in [0.1, 0.15) is 5.75 Å². The monoisotopic (exact) mass is 322 g/mol. The molecule has 3 nitrogen and oxygen atoms in total. The first-order chi connectivity index (χ1) is 11.2. The Kier molecular flexibility index (Phi) is 4.60. The van der Waals surface area contributed by atoms with E-state index in [0.717, 1.165) is 17.1 Å². The van der Waals surface area contributed by atoms with Crippen LogP contribution in [0.3, 0.4) is 0 Å². The van der Waals surface area contributed by atoms with Crippen molar-refractivity contribution >= 4 is 34.9 Å². The SMILES string of the molecule is Oc1ccc(Cl)cc1C=Nc1ccc(Nc2ccccc2)cc1. The summed E-state index contributed by atoms with van der Waals surface area (Å²) in [6.07, 6.45) is 1.60. The van der Waals surface area contributed by atoms with Crippen molar-refractivity contribution in [3.05, 3.63) is 83.4 Å². The Morgan fingerprint density at radius 2 is 1.57 bits per heavy atom. The molecule has 3 aromatic rings. The Hall–Kier alpha value is -2.78. The van der Waals surface area contributed by atoms with Crippen molar-refractivity contribution < 1.29 is 5.11 Å². The number of halogens is 1. The number of aromatic hydroxyl groups is 1. The van der Waals surface area contributed by atoms with Crippen LogP contribution in [0.4, 0.5) is 17.1 Å². The van der Waals surface area contributed by atoms with Crippen LogP contribution in [0.2, 0.25) is 5.02 Å². The molecule has 0 aliphatic heterocycles. The average Bonchev–Trinajstić information content (AvgIpc) is 2.58. The van der Waals surface area contributed by atoms with Gasteiger partial charge in [-0.05, 0) is 54.6 Å². The Balaban J connectivity index is 1.72. The molecule has 4 heteroatoms. The van der Waals surface area contributed by atoms with E-state index in [2.05, 4.69) is 10.3 Å². The summed E-state index contributed by atoms with van der Waals surface area (Å²) in [7, 11) is 0. The van der Waals surface area contributed by atoms with Gasteiger partial charge in [0, 0.05) is 28.2 Å².